The quantitative estimate of drug-likeness (QED) is 0.0519. The molecule has 0 radical (unpaired) electrons. The first-order valence-electron chi connectivity index (χ1n) is 20.9. The van der Waals surface area contributed by atoms with E-state index >= 15 is 0 Å². The van der Waals surface area contributed by atoms with E-state index in [2.05, 4.69) is 26.7 Å². The van der Waals surface area contributed by atoms with Crippen LogP contribution in [0.4, 0.5) is 0 Å². The summed E-state index contributed by atoms with van der Waals surface area (Å²) in [5.41, 5.74) is 0.610. The lowest BCUT2D eigenvalue weighted by atomic mass is 10.1. The molecule has 1 aromatic carbocycles. The van der Waals surface area contributed by atoms with Crippen LogP contribution in [0.3, 0.4) is 0 Å². The Morgan fingerprint density at radius 2 is 0.729 bits per heavy atom. The number of benzene rings is 1. The molecule has 0 aromatic heterocycles. The number of unbranched alkanes of at least 4 members (excludes halogenated alkanes) is 27. The van der Waals surface area contributed by atoms with Crippen LogP contribution in [0.2, 0.25) is 5.02 Å². The van der Waals surface area contributed by atoms with E-state index in [1.165, 1.54) is 167 Å². The summed E-state index contributed by atoms with van der Waals surface area (Å²) < 4.78 is 19.1. The van der Waals surface area contributed by atoms with Crippen LogP contribution in [0.15, 0.2) is 6.07 Å². The Kier molecular flexibility index (Phi) is 31.5. The molecule has 0 fully saturated rings. The first-order chi connectivity index (χ1) is 23.7. The molecule has 0 saturated heterocycles. The van der Waals surface area contributed by atoms with Gasteiger partial charge in [-0.05, 0) is 19.3 Å². The van der Waals surface area contributed by atoms with E-state index in [0.717, 1.165) is 25.7 Å². The second-order valence-corrected chi connectivity index (χ2v) is 14.5. The van der Waals surface area contributed by atoms with Crippen molar-refractivity contribution in [2.45, 2.75) is 213 Å². The highest BCUT2D eigenvalue weighted by Crippen LogP contribution is 2.45. The number of halogens is 1. The third kappa shape index (κ3) is 23.8. The van der Waals surface area contributed by atoms with Crippen molar-refractivity contribution in [3.8, 4) is 29.6 Å². The van der Waals surface area contributed by atoms with Crippen LogP contribution in [0, 0.1) is 12.3 Å². The number of hydrogen-bond donors (Lipinski definition) is 0. The van der Waals surface area contributed by atoms with Crippen LogP contribution in [0.5, 0.6) is 17.2 Å². The molecule has 4 heteroatoms. The van der Waals surface area contributed by atoms with E-state index in [9.17, 15) is 0 Å². The molecule has 0 bridgehead atoms. The predicted molar refractivity (Wildman–Crippen MR) is 211 cm³/mol. The highest BCUT2D eigenvalue weighted by atomic mass is 35.5. The first kappa shape index (κ1) is 44.5. The molecular weight excluding hydrogens is 612 g/mol. The smallest absolute Gasteiger partial charge is 0.205 e. The van der Waals surface area contributed by atoms with Gasteiger partial charge >= 0.3 is 0 Å². The summed E-state index contributed by atoms with van der Waals surface area (Å²) in [5.74, 6) is 4.62. The third-order valence-corrected chi connectivity index (χ3v) is 9.92. The van der Waals surface area contributed by atoms with E-state index in [0.29, 0.717) is 47.7 Å². The van der Waals surface area contributed by atoms with Gasteiger partial charge in [-0.25, -0.2) is 0 Å². The van der Waals surface area contributed by atoms with Crippen LogP contribution >= 0.6 is 11.6 Å². The van der Waals surface area contributed by atoms with Gasteiger partial charge in [0.05, 0.1) is 25.4 Å². The lowest BCUT2D eigenvalue weighted by molar-refractivity contribution is 0.234. The number of hydrogen-bond acceptors (Lipinski definition) is 3. The lowest BCUT2D eigenvalue weighted by Crippen LogP contribution is -2.07. The molecule has 0 saturated carbocycles. The maximum Gasteiger partial charge on any atom is 0.205 e. The van der Waals surface area contributed by atoms with E-state index in [-0.39, 0.29) is 0 Å². The Bertz CT molecular complexity index is 892. The molecule has 0 aliphatic heterocycles. The highest BCUT2D eigenvalue weighted by Gasteiger charge is 2.21. The largest absolute Gasteiger partial charge is 0.489 e. The Morgan fingerprint density at radius 1 is 0.438 bits per heavy atom. The van der Waals surface area contributed by atoms with Crippen molar-refractivity contribution in [2.24, 2.45) is 0 Å². The summed E-state index contributed by atoms with van der Waals surface area (Å²) in [6.07, 6.45) is 44.7. The summed E-state index contributed by atoms with van der Waals surface area (Å²) in [7, 11) is 0. The topological polar surface area (TPSA) is 27.7 Å². The Morgan fingerprint density at radius 3 is 1.06 bits per heavy atom. The van der Waals surface area contributed by atoms with Gasteiger partial charge in [-0.15, -0.1) is 6.42 Å². The average Bonchev–Trinajstić information content (AvgIpc) is 3.09. The van der Waals surface area contributed by atoms with Crippen molar-refractivity contribution in [1.29, 1.82) is 0 Å². The molecule has 0 aliphatic rings. The zero-order chi connectivity index (χ0) is 34.8. The first-order valence-corrected chi connectivity index (χ1v) is 21.3. The van der Waals surface area contributed by atoms with E-state index in [1.54, 1.807) is 0 Å². The summed E-state index contributed by atoms with van der Waals surface area (Å²) in [6.45, 7) is 8.72. The predicted octanol–water partition coefficient (Wildman–Crippen LogP) is 15.2. The molecule has 0 aliphatic carbocycles. The summed E-state index contributed by atoms with van der Waals surface area (Å²) in [5, 5.41) is 0.467. The van der Waals surface area contributed by atoms with Crippen LogP contribution in [-0.4, -0.2) is 19.8 Å². The minimum absolute atomic E-state index is 0.467. The monoisotopic (exact) mass is 689 g/mol. The van der Waals surface area contributed by atoms with Gasteiger partial charge < -0.3 is 14.2 Å². The Hall–Kier alpha value is -1.53. The van der Waals surface area contributed by atoms with Gasteiger partial charge in [0.1, 0.15) is 5.02 Å². The Labute approximate surface area is 304 Å². The average molecular weight is 690 g/mol. The zero-order valence-corrected chi connectivity index (χ0v) is 32.8. The van der Waals surface area contributed by atoms with E-state index < -0.39 is 0 Å². The molecule has 3 nitrogen and oxygen atoms in total. The van der Waals surface area contributed by atoms with Gasteiger partial charge in [-0.2, -0.15) is 0 Å². The van der Waals surface area contributed by atoms with Crippen molar-refractivity contribution in [3.63, 3.8) is 0 Å². The fraction of sp³-hybridized carbons (Fsp3) is 0.818. The van der Waals surface area contributed by atoms with Crippen molar-refractivity contribution in [1.82, 2.24) is 0 Å². The van der Waals surface area contributed by atoms with Crippen LogP contribution in [-0.2, 0) is 0 Å². The minimum Gasteiger partial charge on any atom is -0.489 e. The molecule has 278 valence electrons. The Balaban J connectivity index is 2.63. The van der Waals surface area contributed by atoms with Gasteiger partial charge in [0.25, 0.3) is 0 Å². The minimum atomic E-state index is 0.467. The molecular formula is C44H77ClO3. The second kappa shape index (κ2) is 33.9. The van der Waals surface area contributed by atoms with Gasteiger partial charge in [-0.3, -0.25) is 0 Å². The molecule has 0 spiro atoms. The second-order valence-electron chi connectivity index (χ2n) is 14.1. The zero-order valence-electron chi connectivity index (χ0n) is 32.1. The molecule has 0 N–H and O–H groups in total. The summed E-state index contributed by atoms with van der Waals surface area (Å²) >= 11 is 6.83. The van der Waals surface area contributed by atoms with Gasteiger partial charge in [0.2, 0.25) is 5.75 Å². The SMILES string of the molecule is C#Cc1cc(OCCCCCCCCCCCC)c(OCCCCCCCCCCCC)c(OCCCCCCCCCCCC)c1Cl. The summed E-state index contributed by atoms with van der Waals surface area (Å²) in [6, 6.07) is 1.87. The summed E-state index contributed by atoms with van der Waals surface area (Å²) in [4.78, 5) is 0. The van der Waals surface area contributed by atoms with Crippen molar-refractivity contribution < 1.29 is 14.2 Å². The number of rotatable bonds is 36. The van der Waals surface area contributed by atoms with E-state index in [1.807, 2.05) is 6.07 Å². The maximum atomic E-state index is 6.83. The lowest BCUT2D eigenvalue weighted by Gasteiger charge is -2.19. The van der Waals surface area contributed by atoms with E-state index in [4.69, 9.17) is 32.2 Å². The molecule has 0 atom stereocenters. The van der Waals surface area contributed by atoms with Crippen molar-refractivity contribution in [2.75, 3.05) is 19.8 Å². The number of ether oxygens (including phenoxy) is 3. The van der Waals surface area contributed by atoms with Gasteiger partial charge in [0, 0.05) is 6.07 Å². The normalized spacial score (nSPS) is 11.1. The fourth-order valence-corrected chi connectivity index (χ4v) is 6.62. The molecule has 1 rings (SSSR count). The maximum absolute atomic E-state index is 6.83. The molecule has 48 heavy (non-hydrogen) atoms. The molecule has 0 unspecified atom stereocenters. The third-order valence-electron chi connectivity index (χ3n) is 9.54. The number of terminal acetylenes is 1. The van der Waals surface area contributed by atoms with Gasteiger partial charge in [-0.1, -0.05) is 212 Å². The highest BCUT2D eigenvalue weighted by molar-refractivity contribution is 6.33. The fourth-order valence-electron chi connectivity index (χ4n) is 6.37. The molecule has 1 aromatic rings. The van der Waals surface area contributed by atoms with Crippen LogP contribution < -0.4 is 14.2 Å². The van der Waals surface area contributed by atoms with Gasteiger partial charge in [0.15, 0.2) is 11.5 Å². The van der Waals surface area contributed by atoms with Crippen LogP contribution in [0.25, 0.3) is 0 Å². The standard InChI is InChI=1S/C44H77ClO3/c1-5-9-12-15-18-21-24-27-30-33-36-46-41-39-40(8-4)42(45)44(48-38-35-32-29-26-23-20-17-14-11-7-3)43(41)47-37-34-31-28-25-22-19-16-13-10-6-2/h4,39H,5-7,9-38H2,1-3H3. The van der Waals surface area contributed by atoms with Crippen LogP contribution in [0.1, 0.15) is 219 Å². The van der Waals surface area contributed by atoms with Crippen molar-refractivity contribution in [3.05, 3.63) is 16.7 Å². The molecule has 0 amide bonds. The molecule has 0 heterocycles. The van der Waals surface area contributed by atoms with Crippen molar-refractivity contribution >= 4 is 11.6 Å².